The number of hydrogen-bond donors (Lipinski definition) is 0. The van der Waals surface area contributed by atoms with Gasteiger partial charge in [0.2, 0.25) is 0 Å². The number of hydrogen-bond acceptors (Lipinski definition) is 2. The van der Waals surface area contributed by atoms with E-state index in [0.717, 1.165) is 20.1 Å². The van der Waals surface area contributed by atoms with Crippen LogP contribution in [0.15, 0.2) is 18.2 Å². The van der Waals surface area contributed by atoms with Gasteiger partial charge in [-0.2, -0.15) is 0 Å². The Morgan fingerprint density at radius 3 is 2.93 bits per heavy atom. The van der Waals surface area contributed by atoms with Crippen LogP contribution in [0.25, 0.3) is 10.1 Å². The molecule has 0 spiro atoms. The Labute approximate surface area is 99.8 Å². The molecule has 0 amide bonds. The fraction of sp³-hybridized carbons (Fsp3) is 0.200. The average Bonchev–Trinajstić information content (AvgIpc) is 2.57. The van der Waals surface area contributed by atoms with Crippen LogP contribution < -0.4 is 4.74 Å². The van der Waals surface area contributed by atoms with E-state index in [0.29, 0.717) is 0 Å². The number of methoxy groups -OCH3 is 1. The van der Waals surface area contributed by atoms with Gasteiger partial charge in [-0.1, -0.05) is 51.0 Å². The van der Waals surface area contributed by atoms with Crippen molar-refractivity contribution in [1.82, 2.24) is 0 Å². The van der Waals surface area contributed by atoms with Crippen LogP contribution in [-0.2, 0) is 5.33 Å². The second-order valence-corrected chi connectivity index (χ2v) is 4.77. The van der Waals surface area contributed by atoms with Crippen LogP contribution in [0, 0.1) is 0 Å². The molecule has 0 atom stereocenters. The number of rotatable bonds is 2. The molecular weight excluding hydrogens is 284 g/mol. The minimum Gasteiger partial charge on any atom is -0.487 e. The van der Waals surface area contributed by atoms with Gasteiger partial charge in [-0.05, 0) is 6.07 Å². The van der Waals surface area contributed by atoms with E-state index in [9.17, 15) is 0 Å². The Morgan fingerprint density at radius 1 is 1.50 bits per heavy atom. The largest absolute Gasteiger partial charge is 0.487 e. The number of thiophene rings is 1. The monoisotopic (exact) mass is 290 g/mol. The molecule has 0 fully saturated rings. The van der Waals surface area contributed by atoms with E-state index in [-0.39, 0.29) is 0 Å². The van der Waals surface area contributed by atoms with Gasteiger partial charge >= 0.3 is 0 Å². The molecule has 1 aromatic carbocycles. The van der Waals surface area contributed by atoms with Crippen molar-refractivity contribution in [3.63, 3.8) is 0 Å². The van der Waals surface area contributed by atoms with E-state index in [1.54, 1.807) is 18.4 Å². The molecule has 0 aliphatic heterocycles. The van der Waals surface area contributed by atoms with E-state index in [1.807, 2.05) is 12.1 Å². The molecule has 1 nitrogen and oxygen atoms in total. The first-order valence-corrected chi connectivity index (χ1v) is 6.39. The fourth-order valence-electron chi connectivity index (χ4n) is 1.41. The molecule has 0 saturated heterocycles. The first-order chi connectivity index (χ1) is 6.77. The highest BCUT2D eigenvalue weighted by Crippen LogP contribution is 2.41. The number of fused-ring (bicyclic) bond motifs is 1. The summed E-state index contributed by atoms with van der Waals surface area (Å²) in [6.07, 6.45) is 0. The van der Waals surface area contributed by atoms with Gasteiger partial charge in [-0.15, -0.1) is 0 Å². The second-order valence-electron chi connectivity index (χ2n) is 2.82. The molecule has 0 radical (unpaired) electrons. The van der Waals surface area contributed by atoms with Crippen molar-refractivity contribution in [3.8, 4) is 5.06 Å². The van der Waals surface area contributed by atoms with Crippen LogP contribution in [0.4, 0.5) is 0 Å². The zero-order valence-corrected chi connectivity index (χ0v) is 10.7. The molecule has 2 rings (SSSR count). The third-order valence-electron chi connectivity index (χ3n) is 2.05. The lowest BCUT2D eigenvalue weighted by Crippen LogP contribution is -1.82. The maximum absolute atomic E-state index is 6.10. The SMILES string of the molecule is COc1sc2c(Cl)cccc2c1CBr. The van der Waals surface area contributed by atoms with Crippen LogP contribution in [-0.4, -0.2) is 7.11 Å². The van der Waals surface area contributed by atoms with Crippen molar-refractivity contribution in [2.45, 2.75) is 5.33 Å². The molecule has 0 N–H and O–H groups in total. The van der Waals surface area contributed by atoms with Gasteiger partial charge in [0.05, 0.1) is 16.8 Å². The minimum absolute atomic E-state index is 0.788. The summed E-state index contributed by atoms with van der Waals surface area (Å²) in [6, 6.07) is 5.93. The molecule has 74 valence electrons. The lowest BCUT2D eigenvalue weighted by Gasteiger charge is -1.97. The molecule has 0 bridgehead atoms. The normalized spacial score (nSPS) is 10.8. The van der Waals surface area contributed by atoms with E-state index < -0.39 is 0 Å². The summed E-state index contributed by atoms with van der Waals surface area (Å²) in [7, 11) is 1.69. The van der Waals surface area contributed by atoms with E-state index in [2.05, 4.69) is 22.0 Å². The molecular formula is C10H8BrClOS. The van der Waals surface area contributed by atoms with Crippen molar-refractivity contribution in [2.24, 2.45) is 0 Å². The van der Waals surface area contributed by atoms with Crippen LogP contribution in [0.5, 0.6) is 5.06 Å². The molecule has 1 aromatic heterocycles. The van der Waals surface area contributed by atoms with Crippen molar-refractivity contribution in [2.75, 3.05) is 7.11 Å². The number of benzene rings is 1. The first-order valence-electron chi connectivity index (χ1n) is 4.07. The predicted octanol–water partition coefficient (Wildman–Crippen LogP) is 4.46. The quantitative estimate of drug-likeness (QED) is 0.742. The summed E-state index contributed by atoms with van der Waals surface area (Å²) >= 11 is 11.1. The van der Waals surface area contributed by atoms with Gasteiger partial charge in [0.15, 0.2) is 5.06 Å². The zero-order valence-electron chi connectivity index (χ0n) is 7.51. The van der Waals surface area contributed by atoms with Crippen molar-refractivity contribution in [1.29, 1.82) is 0 Å². The van der Waals surface area contributed by atoms with Crippen LogP contribution in [0.1, 0.15) is 5.56 Å². The summed E-state index contributed by atoms with van der Waals surface area (Å²) in [4.78, 5) is 0. The zero-order chi connectivity index (χ0) is 10.1. The van der Waals surface area contributed by atoms with E-state index in [1.165, 1.54) is 10.9 Å². The summed E-state index contributed by atoms with van der Waals surface area (Å²) in [6.45, 7) is 0. The smallest absolute Gasteiger partial charge is 0.178 e. The predicted molar refractivity (Wildman–Crippen MR) is 66.0 cm³/mol. The molecule has 0 unspecified atom stereocenters. The van der Waals surface area contributed by atoms with E-state index in [4.69, 9.17) is 16.3 Å². The van der Waals surface area contributed by atoms with Crippen molar-refractivity contribution in [3.05, 3.63) is 28.8 Å². The highest BCUT2D eigenvalue weighted by molar-refractivity contribution is 9.08. The molecule has 1 heterocycles. The Balaban J connectivity index is 2.79. The van der Waals surface area contributed by atoms with Crippen LogP contribution in [0.2, 0.25) is 5.02 Å². The number of alkyl halides is 1. The Bertz CT molecular complexity index is 466. The Hall–Kier alpha value is -0.250. The van der Waals surface area contributed by atoms with Crippen molar-refractivity contribution < 1.29 is 4.74 Å². The van der Waals surface area contributed by atoms with Crippen molar-refractivity contribution >= 4 is 49.0 Å². The van der Waals surface area contributed by atoms with Gasteiger partial charge < -0.3 is 4.74 Å². The van der Waals surface area contributed by atoms with Crippen LogP contribution >= 0.6 is 38.9 Å². The van der Waals surface area contributed by atoms with Gasteiger partial charge in [0.25, 0.3) is 0 Å². The van der Waals surface area contributed by atoms with Gasteiger partial charge in [0, 0.05) is 16.3 Å². The molecule has 0 saturated carbocycles. The lowest BCUT2D eigenvalue weighted by atomic mass is 10.2. The number of ether oxygens (including phenoxy) is 1. The molecule has 2 aromatic rings. The Morgan fingerprint density at radius 2 is 2.29 bits per heavy atom. The lowest BCUT2D eigenvalue weighted by molar-refractivity contribution is 0.424. The highest BCUT2D eigenvalue weighted by Gasteiger charge is 2.12. The molecule has 4 heteroatoms. The first kappa shape index (κ1) is 10.3. The van der Waals surface area contributed by atoms with Gasteiger partial charge in [0.1, 0.15) is 0 Å². The summed E-state index contributed by atoms with van der Waals surface area (Å²) < 4.78 is 6.40. The molecule has 0 aliphatic rings. The van der Waals surface area contributed by atoms with E-state index >= 15 is 0 Å². The Kier molecular flexibility index (Phi) is 3.00. The minimum atomic E-state index is 0.788. The maximum Gasteiger partial charge on any atom is 0.178 e. The summed E-state index contributed by atoms with van der Waals surface area (Å²) in [5.41, 5.74) is 1.18. The topological polar surface area (TPSA) is 9.23 Å². The third kappa shape index (κ3) is 1.53. The third-order valence-corrected chi connectivity index (χ3v) is 4.28. The fourth-order valence-corrected chi connectivity index (χ4v) is 3.48. The average molecular weight is 292 g/mol. The highest BCUT2D eigenvalue weighted by atomic mass is 79.9. The summed E-state index contributed by atoms with van der Waals surface area (Å²) in [5.74, 6) is 0. The maximum atomic E-state index is 6.10. The summed E-state index contributed by atoms with van der Waals surface area (Å²) in [5, 5.41) is 3.69. The number of halogens is 2. The standard InChI is InChI=1S/C10H8BrClOS/c1-13-10-7(5-11)6-3-2-4-8(12)9(6)14-10/h2-4H,5H2,1H3. The van der Waals surface area contributed by atoms with Gasteiger partial charge in [-0.25, -0.2) is 0 Å². The van der Waals surface area contributed by atoms with Gasteiger partial charge in [-0.3, -0.25) is 0 Å². The molecule has 0 aliphatic carbocycles. The second kappa shape index (κ2) is 4.09. The molecule has 14 heavy (non-hydrogen) atoms. The van der Waals surface area contributed by atoms with Crippen LogP contribution in [0.3, 0.4) is 0 Å².